The summed E-state index contributed by atoms with van der Waals surface area (Å²) in [4.78, 5) is 11.0. The van der Waals surface area contributed by atoms with E-state index in [2.05, 4.69) is 5.32 Å². The highest BCUT2D eigenvalue weighted by Gasteiger charge is 2.22. The number of carbonyl (C=O) groups is 1. The van der Waals surface area contributed by atoms with Crippen molar-refractivity contribution in [3.05, 3.63) is 34.3 Å². The van der Waals surface area contributed by atoms with E-state index in [0.29, 0.717) is 6.42 Å². The van der Waals surface area contributed by atoms with Crippen molar-refractivity contribution < 1.29 is 4.79 Å². The summed E-state index contributed by atoms with van der Waals surface area (Å²) >= 11 is 6.02. The molecule has 1 aromatic rings. The molecule has 2 nitrogen and oxygen atoms in total. The number of hydrogen-bond acceptors (Lipinski definition) is 1. The van der Waals surface area contributed by atoms with E-state index in [9.17, 15) is 4.79 Å². The second-order valence-electron chi connectivity index (χ2n) is 3.67. The summed E-state index contributed by atoms with van der Waals surface area (Å²) in [7, 11) is 0. The zero-order valence-corrected chi connectivity index (χ0v) is 8.77. The molecule has 0 saturated carbocycles. The van der Waals surface area contributed by atoms with Gasteiger partial charge in [0, 0.05) is 11.4 Å². The maximum atomic E-state index is 11.0. The molecule has 14 heavy (non-hydrogen) atoms. The van der Waals surface area contributed by atoms with Crippen LogP contribution < -0.4 is 5.32 Å². The van der Waals surface area contributed by atoms with Crippen LogP contribution in [0.25, 0.3) is 0 Å². The lowest BCUT2D eigenvalue weighted by molar-refractivity contribution is -0.119. The van der Waals surface area contributed by atoms with Crippen LogP contribution in [0, 0.1) is 6.92 Å². The maximum absolute atomic E-state index is 11.0. The predicted molar refractivity (Wildman–Crippen MR) is 56.3 cm³/mol. The average Bonchev–Trinajstić information content (AvgIpc) is 2.57. The van der Waals surface area contributed by atoms with Crippen LogP contribution in [0.5, 0.6) is 0 Å². The number of hydrogen-bond donors (Lipinski definition) is 1. The zero-order valence-electron chi connectivity index (χ0n) is 8.01. The van der Waals surface area contributed by atoms with Crippen LogP contribution >= 0.6 is 11.6 Å². The van der Waals surface area contributed by atoms with Gasteiger partial charge in [0.15, 0.2) is 0 Å². The Hall–Kier alpha value is -1.02. The fourth-order valence-electron chi connectivity index (χ4n) is 1.69. The molecule has 0 aromatic heterocycles. The van der Waals surface area contributed by atoms with Gasteiger partial charge < -0.3 is 5.32 Å². The Morgan fingerprint density at radius 1 is 1.50 bits per heavy atom. The number of amides is 1. The van der Waals surface area contributed by atoms with Gasteiger partial charge in [-0.15, -0.1) is 0 Å². The molecule has 1 aliphatic rings. The smallest absolute Gasteiger partial charge is 0.220 e. The lowest BCUT2D eigenvalue weighted by Gasteiger charge is -2.11. The number of carbonyl (C=O) groups excluding carboxylic acids is 1. The van der Waals surface area contributed by atoms with Crippen LogP contribution in [0.15, 0.2) is 18.2 Å². The molecule has 0 aliphatic carbocycles. The minimum absolute atomic E-state index is 0.131. The highest BCUT2D eigenvalue weighted by molar-refractivity contribution is 6.31. The van der Waals surface area contributed by atoms with Gasteiger partial charge in [-0.25, -0.2) is 0 Å². The Morgan fingerprint density at radius 3 is 2.86 bits per heavy atom. The van der Waals surface area contributed by atoms with Crippen LogP contribution in [-0.2, 0) is 4.79 Å². The third kappa shape index (κ3) is 1.75. The second-order valence-corrected chi connectivity index (χ2v) is 4.07. The first kappa shape index (κ1) is 9.53. The molecule has 1 heterocycles. The Kier molecular flexibility index (Phi) is 2.46. The first-order chi connectivity index (χ1) is 6.66. The van der Waals surface area contributed by atoms with Crippen molar-refractivity contribution in [3.8, 4) is 0 Å². The van der Waals surface area contributed by atoms with Crippen LogP contribution in [0.2, 0.25) is 5.02 Å². The van der Waals surface area contributed by atoms with E-state index in [0.717, 1.165) is 22.6 Å². The van der Waals surface area contributed by atoms with E-state index in [1.807, 2.05) is 25.1 Å². The molecule has 1 aliphatic heterocycles. The topological polar surface area (TPSA) is 29.1 Å². The van der Waals surface area contributed by atoms with Crippen molar-refractivity contribution in [2.24, 2.45) is 0 Å². The van der Waals surface area contributed by atoms with Crippen molar-refractivity contribution in [1.29, 1.82) is 0 Å². The van der Waals surface area contributed by atoms with Gasteiger partial charge in [0.05, 0.1) is 6.04 Å². The van der Waals surface area contributed by atoms with Crippen molar-refractivity contribution in [2.75, 3.05) is 0 Å². The van der Waals surface area contributed by atoms with Gasteiger partial charge in [-0.05, 0) is 30.5 Å². The fourth-order valence-corrected chi connectivity index (χ4v) is 1.88. The monoisotopic (exact) mass is 209 g/mol. The third-order valence-corrected chi connectivity index (χ3v) is 3.00. The molecular weight excluding hydrogens is 198 g/mol. The zero-order chi connectivity index (χ0) is 10.1. The van der Waals surface area contributed by atoms with Gasteiger partial charge in [-0.1, -0.05) is 23.7 Å². The van der Waals surface area contributed by atoms with Crippen molar-refractivity contribution >= 4 is 17.5 Å². The van der Waals surface area contributed by atoms with Gasteiger partial charge in [-0.2, -0.15) is 0 Å². The standard InChI is InChI=1S/C11H12ClNO/c1-7-2-3-8(6-9(7)12)10-4-5-11(14)13-10/h2-3,6,10H,4-5H2,1H3,(H,13,14)/t10-/m0/s1. The normalized spacial score (nSPS) is 21.0. The number of aryl methyl sites for hydroxylation is 1. The molecule has 0 radical (unpaired) electrons. The molecule has 1 atom stereocenters. The Morgan fingerprint density at radius 2 is 2.29 bits per heavy atom. The lowest BCUT2D eigenvalue weighted by Crippen LogP contribution is -2.18. The molecule has 2 rings (SSSR count). The molecule has 1 aromatic carbocycles. The van der Waals surface area contributed by atoms with Gasteiger partial charge >= 0.3 is 0 Å². The molecule has 1 N–H and O–H groups in total. The molecular formula is C11H12ClNO. The summed E-state index contributed by atoms with van der Waals surface area (Å²) < 4.78 is 0. The lowest BCUT2D eigenvalue weighted by atomic mass is 10.0. The molecule has 0 unspecified atom stereocenters. The van der Waals surface area contributed by atoms with Crippen LogP contribution in [-0.4, -0.2) is 5.91 Å². The third-order valence-electron chi connectivity index (χ3n) is 2.59. The van der Waals surface area contributed by atoms with Crippen molar-refractivity contribution in [1.82, 2.24) is 5.32 Å². The first-order valence-electron chi connectivity index (χ1n) is 4.72. The average molecular weight is 210 g/mol. The summed E-state index contributed by atoms with van der Waals surface area (Å²) in [5, 5.41) is 3.69. The molecule has 3 heteroatoms. The number of rotatable bonds is 1. The molecule has 0 spiro atoms. The largest absolute Gasteiger partial charge is 0.349 e. The molecule has 0 bridgehead atoms. The molecule has 1 fully saturated rings. The SMILES string of the molecule is Cc1ccc([C@@H]2CCC(=O)N2)cc1Cl. The first-order valence-corrected chi connectivity index (χ1v) is 5.10. The number of benzene rings is 1. The minimum Gasteiger partial charge on any atom is -0.349 e. The Labute approximate surface area is 88.3 Å². The van der Waals surface area contributed by atoms with Crippen LogP contribution in [0.4, 0.5) is 0 Å². The van der Waals surface area contributed by atoms with Crippen molar-refractivity contribution in [2.45, 2.75) is 25.8 Å². The van der Waals surface area contributed by atoms with Gasteiger partial charge in [0.1, 0.15) is 0 Å². The van der Waals surface area contributed by atoms with Crippen LogP contribution in [0.1, 0.15) is 30.0 Å². The molecule has 74 valence electrons. The summed E-state index contributed by atoms with van der Waals surface area (Å²) in [5.41, 5.74) is 2.17. The van der Waals surface area contributed by atoms with E-state index in [4.69, 9.17) is 11.6 Å². The van der Waals surface area contributed by atoms with Gasteiger partial charge in [-0.3, -0.25) is 4.79 Å². The number of nitrogens with one attached hydrogen (secondary N) is 1. The number of halogens is 1. The van der Waals surface area contributed by atoms with Gasteiger partial charge in [0.2, 0.25) is 5.91 Å². The second kappa shape index (κ2) is 3.62. The van der Waals surface area contributed by atoms with E-state index in [-0.39, 0.29) is 11.9 Å². The van der Waals surface area contributed by atoms with E-state index in [1.165, 1.54) is 0 Å². The Bertz CT molecular complexity index is 376. The predicted octanol–water partition coefficient (Wildman–Crippen LogP) is 2.60. The van der Waals surface area contributed by atoms with E-state index >= 15 is 0 Å². The summed E-state index contributed by atoms with van der Waals surface area (Å²) in [5.74, 6) is 0.131. The molecule has 1 saturated heterocycles. The summed E-state index contributed by atoms with van der Waals surface area (Å²) in [6.07, 6.45) is 1.49. The summed E-state index contributed by atoms with van der Waals surface area (Å²) in [6, 6.07) is 6.10. The quantitative estimate of drug-likeness (QED) is 0.757. The van der Waals surface area contributed by atoms with E-state index < -0.39 is 0 Å². The summed E-state index contributed by atoms with van der Waals surface area (Å²) in [6.45, 7) is 1.97. The molecule has 1 amide bonds. The van der Waals surface area contributed by atoms with Crippen LogP contribution in [0.3, 0.4) is 0 Å². The van der Waals surface area contributed by atoms with Gasteiger partial charge in [0.25, 0.3) is 0 Å². The maximum Gasteiger partial charge on any atom is 0.220 e. The fraction of sp³-hybridized carbons (Fsp3) is 0.364. The Balaban J connectivity index is 2.24. The minimum atomic E-state index is 0.131. The highest BCUT2D eigenvalue weighted by Crippen LogP contribution is 2.27. The van der Waals surface area contributed by atoms with Crippen molar-refractivity contribution in [3.63, 3.8) is 0 Å². The van der Waals surface area contributed by atoms with E-state index in [1.54, 1.807) is 0 Å². The highest BCUT2D eigenvalue weighted by atomic mass is 35.5.